The fraction of sp³-hybridized carbons (Fsp3) is 0.545. The van der Waals surface area contributed by atoms with E-state index in [0.717, 1.165) is 86.2 Å². The summed E-state index contributed by atoms with van der Waals surface area (Å²) in [6, 6.07) is 13.4. The number of benzene rings is 2. The molecule has 2 aromatic carbocycles. The summed E-state index contributed by atoms with van der Waals surface area (Å²) in [5.41, 5.74) is 1.56. The molecule has 2 saturated heterocycles. The van der Waals surface area contributed by atoms with Gasteiger partial charge in [0.15, 0.2) is 0 Å². The molecule has 228 valence electrons. The summed E-state index contributed by atoms with van der Waals surface area (Å²) in [7, 11) is -3.83. The lowest BCUT2D eigenvalue weighted by Crippen LogP contribution is -2.48. The molecule has 0 atom stereocenters. The Kier molecular flexibility index (Phi) is 10.7. The lowest BCUT2D eigenvalue weighted by molar-refractivity contribution is 0.0542. The molecule has 1 N–H and O–H groups in total. The molecule has 3 aromatic rings. The van der Waals surface area contributed by atoms with Crippen molar-refractivity contribution in [3.8, 4) is 5.75 Å². The zero-order valence-corrected chi connectivity index (χ0v) is 26.6. The van der Waals surface area contributed by atoms with E-state index in [1.807, 2.05) is 18.4 Å². The molecule has 0 radical (unpaired) electrons. The molecule has 9 heteroatoms. The number of pyridine rings is 1. The Labute approximate surface area is 255 Å². The van der Waals surface area contributed by atoms with Gasteiger partial charge in [0.25, 0.3) is 0 Å². The Balaban J connectivity index is 1.39. The summed E-state index contributed by atoms with van der Waals surface area (Å²) in [6.45, 7) is 6.26. The molecule has 3 heterocycles. The van der Waals surface area contributed by atoms with Crippen molar-refractivity contribution in [3.05, 3.63) is 48.7 Å². The number of anilines is 1. The predicted octanol–water partition coefficient (Wildman–Crippen LogP) is 6.56. The number of aromatic nitrogens is 1. The largest absolute Gasteiger partial charge is 0.494 e. The number of unbranched alkanes of at least 4 members (excludes halogenated alkanes) is 4. The van der Waals surface area contributed by atoms with Crippen LogP contribution in [0.25, 0.3) is 10.9 Å². The van der Waals surface area contributed by atoms with Gasteiger partial charge in [-0.1, -0.05) is 32.6 Å². The number of fused-ring (bicyclic) bond motifs is 1. The van der Waals surface area contributed by atoms with Crippen LogP contribution in [0.15, 0.2) is 63.3 Å². The topological polar surface area (TPSA) is 83.0 Å². The number of likely N-dealkylation sites (tertiary alicyclic amines) is 1. The lowest BCUT2D eigenvalue weighted by atomic mass is 9.98. The number of hydrogen-bond acceptors (Lipinski definition) is 8. The van der Waals surface area contributed by atoms with Crippen molar-refractivity contribution < 1.29 is 18.3 Å². The molecule has 0 saturated carbocycles. The van der Waals surface area contributed by atoms with Gasteiger partial charge in [-0.2, -0.15) is 0 Å². The number of piperidine rings is 2. The molecule has 42 heavy (non-hydrogen) atoms. The minimum Gasteiger partial charge on any atom is -0.494 e. The first-order valence-corrected chi connectivity index (χ1v) is 18.2. The SMILES string of the molecule is CCCCCCCOc1ccc(S(=O)(=O)c2cnc3ccc(SC)cc3c2N2CCC(N3CCC(O)CC3)CC2)cc1. The maximum atomic E-state index is 14.2. The van der Waals surface area contributed by atoms with Crippen LogP contribution in [0, 0.1) is 0 Å². The molecule has 5 rings (SSSR count). The second kappa shape index (κ2) is 14.4. The third-order valence-corrected chi connectivity index (χ3v) is 11.2. The van der Waals surface area contributed by atoms with Crippen molar-refractivity contribution in [1.29, 1.82) is 0 Å². The first-order valence-electron chi connectivity index (χ1n) is 15.5. The van der Waals surface area contributed by atoms with Crippen LogP contribution in [-0.2, 0) is 9.84 Å². The van der Waals surface area contributed by atoms with E-state index in [4.69, 9.17) is 4.74 Å². The van der Waals surface area contributed by atoms with Gasteiger partial charge in [0.05, 0.1) is 28.8 Å². The molecule has 2 fully saturated rings. The summed E-state index contributed by atoms with van der Waals surface area (Å²) in [6.07, 6.45) is 12.8. The zero-order valence-electron chi connectivity index (χ0n) is 25.0. The number of aliphatic hydroxyl groups excluding tert-OH is 1. The molecule has 1 aromatic heterocycles. The number of aliphatic hydroxyl groups is 1. The van der Waals surface area contributed by atoms with Crippen molar-refractivity contribution in [3.63, 3.8) is 0 Å². The van der Waals surface area contributed by atoms with Crippen LogP contribution in [0.2, 0.25) is 0 Å². The van der Waals surface area contributed by atoms with Gasteiger partial charge in [-0.3, -0.25) is 4.98 Å². The van der Waals surface area contributed by atoms with Crippen molar-refractivity contribution in [2.24, 2.45) is 0 Å². The van der Waals surface area contributed by atoms with E-state index in [1.165, 1.54) is 19.3 Å². The van der Waals surface area contributed by atoms with E-state index < -0.39 is 9.84 Å². The van der Waals surface area contributed by atoms with E-state index in [2.05, 4.69) is 27.8 Å². The van der Waals surface area contributed by atoms with Crippen LogP contribution in [0.4, 0.5) is 5.69 Å². The highest BCUT2D eigenvalue weighted by atomic mass is 32.2. The Hall–Kier alpha value is -2.33. The molecule has 0 aliphatic carbocycles. The number of hydrogen-bond donors (Lipinski definition) is 1. The average Bonchev–Trinajstić information content (AvgIpc) is 3.02. The lowest BCUT2D eigenvalue weighted by Gasteiger charge is -2.42. The standard InChI is InChI=1S/C33H45N3O4S2/c1-3-4-5-6-7-22-40-27-8-11-29(12-9-27)42(38,39)32-24-34-31-13-10-28(41-2)23-30(31)33(32)36-18-14-25(15-19-36)35-20-16-26(37)17-21-35/h8-13,23-26,37H,3-7,14-22H2,1-2H3. The van der Waals surface area contributed by atoms with Crippen LogP contribution in [-0.4, -0.2) is 74.6 Å². The van der Waals surface area contributed by atoms with Gasteiger partial charge in [0, 0.05) is 48.7 Å². The molecular formula is C33H45N3O4S2. The minimum absolute atomic E-state index is 0.181. The van der Waals surface area contributed by atoms with E-state index in [9.17, 15) is 13.5 Å². The summed E-state index contributed by atoms with van der Waals surface area (Å²) in [5.74, 6) is 0.693. The summed E-state index contributed by atoms with van der Waals surface area (Å²) >= 11 is 1.64. The molecule has 0 unspecified atom stereocenters. The van der Waals surface area contributed by atoms with E-state index in [0.29, 0.717) is 18.4 Å². The fourth-order valence-corrected chi connectivity index (χ4v) is 8.11. The molecule has 7 nitrogen and oxygen atoms in total. The maximum Gasteiger partial charge on any atom is 0.210 e. The average molecular weight is 612 g/mol. The minimum atomic E-state index is -3.83. The molecule has 0 spiro atoms. The zero-order chi connectivity index (χ0) is 29.5. The van der Waals surface area contributed by atoms with Gasteiger partial charge in [0.1, 0.15) is 10.6 Å². The Morgan fingerprint density at radius 3 is 2.36 bits per heavy atom. The first kappa shape index (κ1) is 31.1. The highest BCUT2D eigenvalue weighted by molar-refractivity contribution is 7.98. The van der Waals surface area contributed by atoms with Crippen LogP contribution < -0.4 is 9.64 Å². The second-order valence-corrected chi connectivity index (χ2v) is 14.4. The fourth-order valence-electron chi connectivity index (χ4n) is 6.23. The summed E-state index contributed by atoms with van der Waals surface area (Å²) in [4.78, 5) is 11.0. The number of ether oxygens (including phenoxy) is 1. The van der Waals surface area contributed by atoms with Crippen LogP contribution >= 0.6 is 11.8 Å². The number of sulfone groups is 1. The second-order valence-electron chi connectivity index (χ2n) is 11.6. The van der Waals surface area contributed by atoms with Crippen molar-refractivity contribution in [1.82, 2.24) is 9.88 Å². The molecule has 2 aliphatic heterocycles. The van der Waals surface area contributed by atoms with Gasteiger partial charge in [-0.05, 0) is 80.8 Å². The molecule has 2 aliphatic rings. The molecule has 0 bridgehead atoms. The normalized spacial score (nSPS) is 17.6. The van der Waals surface area contributed by atoms with Gasteiger partial charge < -0.3 is 19.6 Å². The quantitative estimate of drug-likeness (QED) is 0.182. The van der Waals surface area contributed by atoms with E-state index >= 15 is 0 Å². The number of nitrogens with zero attached hydrogens (tertiary/aromatic N) is 3. The molecule has 0 amide bonds. The van der Waals surface area contributed by atoms with Crippen molar-refractivity contribution in [2.75, 3.05) is 43.9 Å². The summed E-state index contributed by atoms with van der Waals surface area (Å²) in [5, 5.41) is 10.8. The third kappa shape index (κ3) is 7.24. The van der Waals surface area contributed by atoms with E-state index in [-0.39, 0.29) is 15.9 Å². The van der Waals surface area contributed by atoms with Gasteiger partial charge >= 0.3 is 0 Å². The van der Waals surface area contributed by atoms with Crippen LogP contribution in [0.5, 0.6) is 5.75 Å². The predicted molar refractivity (Wildman–Crippen MR) is 172 cm³/mol. The van der Waals surface area contributed by atoms with Gasteiger partial charge in [0.2, 0.25) is 9.84 Å². The van der Waals surface area contributed by atoms with Gasteiger partial charge in [-0.25, -0.2) is 8.42 Å². The molecular weight excluding hydrogens is 567 g/mol. The maximum absolute atomic E-state index is 14.2. The van der Waals surface area contributed by atoms with Crippen molar-refractivity contribution in [2.45, 2.75) is 91.5 Å². The van der Waals surface area contributed by atoms with Crippen LogP contribution in [0.1, 0.15) is 64.7 Å². The monoisotopic (exact) mass is 611 g/mol. The first-order chi connectivity index (χ1) is 20.4. The third-order valence-electron chi connectivity index (χ3n) is 8.75. The smallest absolute Gasteiger partial charge is 0.210 e. The summed E-state index contributed by atoms with van der Waals surface area (Å²) < 4.78 is 34.2. The Morgan fingerprint density at radius 2 is 1.67 bits per heavy atom. The number of thioether (sulfide) groups is 1. The Bertz CT molecular complexity index is 1420. The highest BCUT2D eigenvalue weighted by Crippen LogP contribution is 2.39. The Morgan fingerprint density at radius 1 is 0.952 bits per heavy atom. The van der Waals surface area contributed by atoms with Gasteiger partial charge in [-0.15, -0.1) is 11.8 Å². The number of rotatable bonds is 12. The van der Waals surface area contributed by atoms with Crippen molar-refractivity contribution >= 4 is 38.2 Å². The van der Waals surface area contributed by atoms with Crippen LogP contribution in [0.3, 0.4) is 0 Å². The van der Waals surface area contributed by atoms with E-state index in [1.54, 1.807) is 42.2 Å². The highest BCUT2D eigenvalue weighted by Gasteiger charge is 2.32.